The van der Waals surface area contributed by atoms with Gasteiger partial charge in [0.1, 0.15) is 0 Å². The van der Waals surface area contributed by atoms with Crippen molar-refractivity contribution in [2.24, 2.45) is 0 Å². The molecule has 1 aliphatic rings. The third-order valence-electron chi connectivity index (χ3n) is 4.08. The highest BCUT2D eigenvalue weighted by Crippen LogP contribution is 2.38. The minimum Gasteiger partial charge on any atom is -0.493 e. The SMILES string of the molecule is COc1cc(CNC(=O)CN2C[C@H](C)O[C@@H](C)C2)cc(OC)c1OC. The largest absolute Gasteiger partial charge is 0.493 e. The Balaban J connectivity index is 1.95. The smallest absolute Gasteiger partial charge is 0.234 e. The van der Waals surface area contributed by atoms with Crippen molar-refractivity contribution in [1.82, 2.24) is 10.2 Å². The van der Waals surface area contributed by atoms with Crippen LogP contribution in [0, 0.1) is 0 Å². The minimum absolute atomic E-state index is 0.0185. The summed E-state index contributed by atoms with van der Waals surface area (Å²) in [6.45, 7) is 6.34. The molecule has 0 unspecified atom stereocenters. The summed E-state index contributed by atoms with van der Waals surface area (Å²) in [6, 6.07) is 3.67. The van der Waals surface area contributed by atoms with Crippen LogP contribution in [-0.4, -0.2) is 64.0 Å². The Kier molecular flexibility index (Phi) is 6.90. The third kappa shape index (κ3) is 5.24. The molecule has 0 bridgehead atoms. The number of rotatable bonds is 7. The molecule has 1 aromatic rings. The van der Waals surface area contributed by atoms with Crippen LogP contribution in [-0.2, 0) is 16.1 Å². The summed E-state index contributed by atoms with van der Waals surface area (Å²) < 4.78 is 21.7. The molecule has 1 heterocycles. The van der Waals surface area contributed by atoms with E-state index in [1.54, 1.807) is 21.3 Å². The summed E-state index contributed by atoms with van der Waals surface area (Å²) in [5.41, 5.74) is 0.881. The first-order valence-corrected chi connectivity index (χ1v) is 8.40. The lowest BCUT2D eigenvalue weighted by atomic mass is 10.1. The van der Waals surface area contributed by atoms with E-state index in [1.165, 1.54) is 0 Å². The molecular weight excluding hydrogens is 324 g/mol. The van der Waals surface area contributed by atoms with Crippen molar-refractivity contribution in [2.45, 2.75) is 32.6 Å². The second-order valence-electron chi connectivity index (χ2n) is 6.26. The molecule has 1 saturated heterocycles. The van der Waals surface area contributed by atoms with Gasteiger partial charge in [-0.2, -0.15) is 0 Å². The maximum absolute atomic E-state index is 12.2. The molecule has 140 valence electrons. The maximum Gasteiger partial charge on any atom is 0.234 e. The standard InChI is InChI=1S/C18H28N2O5/c1-12-9-20(10-13(2)25-12)11-17(21)19-8-14-6-15(22-3)18(24-5)16(7-14)23-4/h6-7,12-13H,8-11H2,1-5H3,(H,19,21)/t12-,13-/m0/s1. The molecule has 1 N–H and O–H groups in total. The van der Waals surface area contributed by atoms with E-state index in [2.05, 4.69) is 10.2 Å². The fourth-order valence-corrected chi connectivity index (χ4v) is 3.11. The lowest BCUT2D eigenvalue weighted by Gasteiger charge is -2.34. The number of morpholine rings is 1. The molecule has 0 aliphatic carbocycles. The number of hydrogen-bond donors (Lipinski definition) is 1. The molecule has 0 aromatic heterocycles. The summed E-state index contributed by atoms with van der Waals surface area (Å²) >= 11 is 0. The van der Waals surface area contributed by atoms with Crippen molar-refractivity contribution in [2.75, 3.05) is 41.0 Å². The number of methoxy groups -OCH3 is 3. The van der Waals surface area contributed by atoms with Crippen molar-refractivity contribution in [3.8, 4) is 17.2 Å². The van der Waals surface area contributed by atoms with Crippen LogP contribution in [0.3, 0.4) is 0 Å². The van der Waals surface area contributed by atoms with Gasteiger partial charge in [-0.05, 0) is 31.5 Å². The zero-order valence-corrected chi connectivity index (χ0v) is 15.6. The summed E-state index contributed by atoms with van der Waals surface area (Å²) in [6.07, 6.45) is 0.290. The van der Waals surface area contributed by atoms with Gasteiger partial charge < -0.3 is 24.3 Å². The molecule has 7 heteroatoms. The number of nitrogens with zero attached hydrogens (tertiary/aromatic N) is 1. The first kappa shape index (κ1) is 19.3. The van der Waals surface area contributed by atoms with E-state index >= 15 is 0 Å². The normalized spacial score (nSPS) is 20.8. The molecule has 1 aliphatic heterocycles. The predicted molar refractivity (Wildman–Crippen MR) is 94.4 cm³/mol. The number of carbonyl (C=O) groups excluding carboxylic acids is 1. The van der Waals surface area contributed by atoms with Gasteiger partial charge in [0.2, 0.25) is 11.7 Å². The van der Waals surface area contributed by atoms with Crippen LogP contribution < -0.4 is 19.5 Å². The molecule has 2 atom stereocenters. The number of nitrogens with one attached hydrogen (secondary N) is 1. The number of amides is 1. The highest BCUT2D eigenvalue weighted by Gasteiger charge is 2.23. The van der Waals surface area contributed by atoms with Crippen LogP contribution in [0.4, 0.5) is 0 Å². The Hall–Kier alpha value is -1.99. The van der Waals surface area contributed by atoms with Crippen LogP contribution >= 0.6 is 0 Å². The highest BCUT2D eigenvalue weighted by atomic mass is 16.5. The maximum atomic E-state index is 12.2. The van der Waals surface area contributed by atoms with Crippen molar-refractivity contribution in [1.29, 1.82) is 0 Å². The van der Waals surface area contributed by atoms with E-state index in [0.717, 1.165) is 18.7 Å². The number of hydrogen-bond acceptors (Lipinski definition) is 6. The second kappa shape index (κ2) is 8.92. The molecule has 2 rings (SSSR count). The fraction of sp³-hybridized carbons (Fsp3) is 0.611. The summed E-state index contributed by atoms with van der Waals surface area (Å²) in [5.74, 6) is 1.66. The molecule has 1 aromatic carbocycles. The molecule has 1 fully saturated rings. The van der Waals surface area contributed by atoms with E-state index in [4.69, 9.17) is 18.9 Å². The molecule has 25 heavy (non-hydrogen) atoms. The van der Waals surface area contributed by atoms with Crippen LogP contribution in [0.5, 0.6) is 17.2 Å². The summed E-state index contributed by atoms with van der Waals surface area (Å²) in [5, 5.41) is 2.94. The Bertz CT molecular complexity index is 558. The van der Waals surface area contributed by atoms with E-state index in [0.29, 0.717) is 30.3 Å². The van der Waals surface area contributed by atoms with E-state index < -0.39 is 0 Å². The van der Waals surface area contributed by atoms with E-state index in [9.17, 15) is 4.79 Å². The van der Waals surface area contributed by atoms with E-state index in [-0.39, 0.29) is 18.1 Å². The molecule has 0 saturated carbocycles. The first-order valence-electron chi connectivity index (χ1n) is 8.40. The zero-order valence-electron chi connectivity index (χ0n) is 15.6. The molecule has 1 amide bonds. The van der Waals surface area contributed by atoms with Crippen LogP contribution in [0.15, 0.2) is 12.1 Å². The third-order valence-corrected chi connectivity index (χ3v) is 4.08. The highest BCUT2D eigenvalue weighted by molar-refractivity contribution is 5.78. The second-order valence-corrected chi connectivity index (χ2v) is 6.26. The fourth-order valence-electron chi connectivity index (χ4n) is 3.11. The molecule has 7 nitrogen and oxygen atoms in total. The molecular formula is C18H28N2O5. The van der Waals surface area contributed by atoms with Gasteiger partial charge in [0.05, 0.1) is 40.1 Å². The lowest BCUT2D eigenvalue weighted by Crippen LogP contribution is -2.49. The van der Waals surface area contributed by atoms with Crippen molar-refractivity contribution >= 4 is 5.91 Å². The summed E-state index contributed by atoms with van der Waals surface area (Å²) in [7, 11) is 4.70. The van der Waals surface area contributed by atoms with Gasteiger partial charge in [0.15, 0.2) is 11.5 Å². The number of benzene rings is 1. The Labute approximate surface area is 149 Å². The van der Waals surface area contributed by atoms with Crippen LogP contribution in [0.2, 0.25) is 0 Å². The monoisotopic (exact) mass is 352 g/mol. The lowest BCUT2D eigenvalue weighted by molar-refractivity contribution is -0.126. The summed E-state index contributed by atoms with van der Waals surface area (Å²) in [4.78, 5) is 14.4. The predicted octanol–water partition coefficient (Wildman–Crippen LogP) is 1.44. The van der Waals surface area contributed by atoms with Gasteiger partial charge in [-0.25, -0.2) is 0 Å². The van der Waals surface area contributed by atoms with Gasteiger partial charge in [-0.15, -0.1) is 0 Å². The van der Waals surface area contributed by atoms with Gasteiger partial charge in [-0.3, -0.25) is 9.69 Å². The van der Waals surface area contributed by atoms with Crippen molar-refractivity contribution in [3.63, 3.8) is 0 Å². The minimum atomic E-state index is -0.0185. The molecule has 0 spiro atoms. The topological polar surface area (TPSA) is 69.3 Å². The Morgan fingerprint density at radius 1 is 1.12 bits per heavy atom. The van der Waals surface area contributed by atoms with Crippen LogP contribution in [0.1, 0.15) is 19.4 Å². The Morgan fingerprint density at radius 2 is 1.68 bits per heavy atom. The van der Waals surface area contributed by atoms with E-state index in [1.807, 2.05) is 26.0 Å². The van der Waals surface area contributed by atoms with Crippen molar-refractivity contribution < 1.29 is 23.7 Å². The average molecular weight is 352 g/mol. The van der Waals surface area contributed by atoms with Crippen LogP contribution in [0.25, 0.3) is 0 Å². The molecule has 0 radical (unpaired) electrons. The van der Waals surface area contributed by atoms with Gasteiger partial charge in [0, 0.05) is 19.6 Å². The quantitative estimate of drug-likeness (QED) is 0.801. The first-order chi connectivity index (χ1) is 12.0. The van der Waals surface area contributed by atoms with Gasteiger partial charge in [-0.1, -0.05) is 0 Å². The van der Waals surface area contributed by atoms with Gasteiger partial charge >= 0.3 is 0 Å². The Morgan fingerprint density at radius 3 is 2.16 bits per heavy atom. The number of carbonyl (C=O) groups is 1. The number of ether oxygens (including phenoxy) is 4. The average Bonchev–Trinajstić information content (AvgIpc) is 2.57. The van der Waals surface area contributed by atoms with Crippen molar-refractivity contribution in [3.05, 3.63) is 17.7 Å². The van der Waals surface area contributed by atoms with Gasteiger partial charge in [0.25, 0.3) is 0 Å². The zero-order chi connectivity index (χ0) is 18.4.